The van der Waals surface area contributed by atoms with Crippen LogP contribution in [-0.4, -0.2) is 17.0 Å². The van der Waals surface area contributed by atoms with Crippen LogP contribution in [0.2, 0.25) is 0 Å². The molecule has 0 aromatic rings. The van der Waals surface area contributed by atoms with Crippen LogP contribution in [0.3, 0.4) is 0 Å². The SMILES string of the molecule is NC(CC1CC=CC1)C1CCCS1. The van der Waals surface area contributed by atoms with Crippen LogP contribution in [0.1, 0.15) is 32.1 Å². The molecule has 2 N–H and O–H groups in total. The summed E-state index contributed by atoms with van der Waals surface area (Å²) < 4.78 is 0. The maximum Gasteiger partial charge on any atom is 0.0199 e. The van der Waals surface area contributed by atoms with Crippen molar-refractivity contribution in [2.45, 2.75) is 43.4 Å². The fourth-order valence-electron chi connectivity index (χ4n) is 2.34. The monoisotopic (exact) mass is 197 g/mol. The smallest absolute Gasteiger partial charge is 0.0199 e. The molecule has 1 heterocycles. The molecule has 1 aliphatic carbocycles. The van der Waals surface area contributed by atoms with Gasteiger partial charge < -0.3 is 5.73 Å². The molecule has 0 spiro atoms. The van der Waals surface area contributed by atoms with E-state index in [1.165, 1.54) is 37.9 Å². The first-order valence-electron chi connectivity index (χ1n) is 5.38. The van der Waals surface area contributed by atoms with E-state index in [-0.39, 0.29) is 0 Å². The van der Waals surface area contributed by atoms with E-state index >= 15 is 0 Å². The highest BCUT2D eigenvalue weighted by molar-refractivity contribution is 8.00. The summed E-state index contributed by atoms with van der Waals surface area (Å²) in [5.41, 5.74) is 6.21. The zero-order valence-electron chi connectivity index (χ0n) is 8.11. The van der Waals surface area contributed by atoms with Gasteiger partial charge in [0.1, 0.15) is 0 Å². The fraction of sp³-hybridized carbons (Fsp3) is 0.818. The molecule has 1 nitrogen and oxygen atoms in total. The molecule has 1 aliphatic heterocycles. The van der Waals surface area contributed by atoms with Crippen molar-refractivity contribution in [1.29, 1.82) is 0 Å². The van der Waals surface area contributed by atoms with Crippen LogP contribution in [0.4, 0.5) is 0 Å². The number of hydrogen-bond donors (Lipinski definition) is 1. The van der Waals surface area contributed by atoms with Gasteiger partial charge in [-0.3, -0.25) is 0 Å². The van der Waals surface area contributed by atoms with Crippen LogP contribution < -0.4 is 5.73 Å². The molecular formula is C11H19NS. The summed E-state index contributed by atoms with van der Waals surface area (Å²) in [5, 5.41) is 0.764. The molecule has 0 aromatic carbocycles. The molecule has 2 heteroatoms. The van der Waals surface area contributed by atoms with Crippen molar-refractivity contribution in [3.8, 4) is 0 Å². The average molecular weight is 197 g/mol. The van der Waals surface area contributed by atoms with Gasteiger partial charge in [-0.25, -0.2) is 0 Å². The topological polar surface area (TPSA) is 26.0 Å². The first-order valence-corrected chi connectivity index (χ1v) is 6.43. The number of hydrogen-bond acceptors (Lipinski definition) is 2. The van der Waals surface area contributed by atoms with Crippen LogP contribution in [0.25, 0.3) is 0 Å². The highest BCUT2D eigenvalue weighted by Crippen LogP contribution is 2.32. The van der Waals surface area contributed by atoms with Gasteiger partial charge in [0.25, 0.3) is 0 Å². The molecule has 0 radical (unpaired) electrons. The third kappa shape index (κ3) is 2.50. The van der Waals surface area contributed by atoms with E-state index in [4.69, 9.17) is 5.73 Å². The van der Waals surface area contributed by atoms with Gasteiger partial charge in [0.05, 0.1) is 0 Å². The van der Waals surface area contributed by atoms with E-state index in [0.29, 0.717) is 6.04 Å². The summed E-state index contributed by atoms with van der Waals surface area (Å²) in [6, 6.07) is 0.456. The second-order valence-electron chi connectivity index (χ2n) is 4.26. The Labute approximate surface area is 85.2 Å². The van der Waals surface area contributed by atoms with Gasteiger partial charge in [0, 0.05) is 11.3 Å². The van der Waals surface area contributed by atoms with Crippen LogP contribution in [0.15, 0.2) is 12.2 Å². The van der Waals surface area contributed by atoms with Crippen LogP contribution in [-0.2, 0) is 0 Å². The second kappa shape index (κ2) is 4.52. The average Bonchev–Trinajstić information content (AvgIpc) is 2.74. The lowest BCUT2D eigenvalue weighted by atomic mass is 9.95. The summed E-state index contributed by atoms with van der Waals surface area (Å²) >= 11 is 2.09. The molecule has 0 saturated carbocycles. The van der Waals surface area contributed by atoms with Gasteiger partial charge >= 0.3 is 0 Å². The summed E-state index contributed by atoms with van der Waals surface area (Å²) in [5.74, 6) is 2.19. The van der Waals surface area contributed by atoms with E-state index in [1.54, 1.807) is 0 Å². The first-order chi connectivity index (χ1) is 6.36. The predicted molar refractivity (Wildman–Crippen MR) is 59.9 cm³/mol. The molecule has 74 valence electrons. The minimum Gasteiger partial charge on any atom is -0.327 e. The highest BCUT2D eigenvalue weighted by atomic mass is 32.2. The summed E-state index contributed by atoms with van der Waals surface area (Å²) in [6.45, 7) is 0. The third-order valence-corrected chi connectivity index (χ3v) is 4.69. The standard InChI is InChI=1S/C11H19NS/c12-10(11-6-3-7-13-11)8-9-4-1-2-5-9/h1-2,9-11H,3-8,12H2. The maximum absolute atomic E-state index is 6.21. The minimum absolute atomic E-state index is 0.456. The first kappa shape index (κ1) is 9.60. The van der Waals surface area contributed by atoms with E-state index in [0.717, 1.165) is 11.2 Å². The van der Waals surface area contributed by atoms with Gasteiger partial charge in [-0.15, -0.1) is 0 Å². The van der Waals surface area contributed by atoms with Crippen molar-refractivity contribution in [3.05, 3.63) is 12.2 Å². The van der Waals surface area contributed by atoms with Gasteiger partial charge in [0.15, 0.2) is 0 Å². The molecule has 2 rings (SSSR count). The maximum atomic E-state index is 6.21. The normalized spacial score (nSPS) is 31.3. The largest absolute Gasteiger partial charge is 0.327 e. The Kier molecular flexibility index (Phi) is 3.33. The number of rotatable bonds is 3. The molecule has 1 saturated heterocycles. The molecule has 0 amide bonds. The van der Waals surface area contributed by atoms with Crippen molar-refractivity contribution in [3.63, 3.8) is 0 Å². The van der Waals surface area contributed by atoms with Crippen LogP contribution in [0.5, 0.6) is 0 Å². The summed E-state index contributed by atoms with van der Waals surface area (Å²) in [7, 11) is 0. The van der Waals surface area contributed by atoms with Crippen LogP contribution >= 0.6 is 11.8 Å². The fourth-order valence-corrected chi connectivity index (χ4v) is 3.67. The molecule has 2 aliphatic rings. The molecule has 2 unspecified atom stereocenters. The second-order valence-corrected chi connectivity index (χ2v) is 5.61. The van der Waals surface area contributed by atoms with Crippen molar-refractivity contribution in [2.24, 2.45) is 11.7 Å². The number of allylic oxidation sites excluding steroid dienone is 2. The van der Waals surface area contributed by atoms with Crippen molar-refractivity contribution < 1.29 is 0 Å². The lowest BCUT2D eigenvalue weighted by Gasteiger charge is -2.21. The Morgan fingerprint density at radius 1 is 1.38 bits per heavy atom. The third-order valence-electron chi connectivity index (χ3n) is 3.15. The van der Waals surface area contributed by atoms with Crippen molar-refractivity contribution in [2.75, 3.05) is 5.75 Å². The Morgan fingerprint density at radius 2 is 2.15 bits per heavy atom. The molecular weight excluding hydrogens is 178 g/mol. The van der Waals surface area contributed by atoms with Gasteiger partial charge in [-0.05, 0) is 43.8 Å². The van der Waals surface area contributed by atoms with Gasteiger partial charge in [0.2, 0.25) is 0 Å². The number of nitrogens with two attached hydrogens (primary N) is 1. The molecule has 0 bridgehead atoms. The van der Waals surface area contributed by atoms with E-state index < -0.39 is 0 Å². The predicted octanol–water partition coefficient (Wildman–Crippen LogP) is 2.57. The Balaban J connectivity index is 1.73. The molecule has 1 fully saturated rings. The van der Waals surface area contributed by atoms with E-state index in [2.05, 4.69) is 23.9 Å². The lowest BCUT2D eigenvalue weighted by Crippen LogP contribution is -2.32. The number of thioether (sulfide) groups is 1. The molecule has 0 aromatic heterocycles. The Hall–Kier alpha value is 0.0500. The van der Waals surface area contributed by atoms with Gasteiger partial charge in [-0.1, -0.05) is 12.2 Å². The zero-order chi connectivity index (χ0) is 9.10. The molecule has 2 atom stereocenters. The van der Waals surface area contributed by atoms with Gasteiger partial charge in [-0.2, -0.15) is 11.8 Å². The van der Waals surface area contributed by atoms with E-state index in [9.17, 15) is 0 Å². The summed E-state index contributed by atoms with van der Waals surface area (Å²) in [4.78, 5) is 0. The zero-order valence-corrected chi connectivity index (χ0v) is 8.93. The Bertz CT molecular complexity index is 177. The van der Waals surface area contributed by atoms with Crippen molar-refractivity contribution >= 4 is 11.8 Å². The Morgan fingerprint density at radius 3 is 2.77 bits per heavy atom. The highest BCUT2D eigenvalue weighted by Gasteiger charge is 2.25. The minimum atomic E-state index is 0.456. The summed E-state index contributed by atoms with van der Waals surface area (Å²) in [6.07, 6.45) is 11.1. The molecule has 13 heavy (non-hydrogen) atoms. The van der Waals surface area contributed by atoms with Crippen molar-refractivity contribution in [1.82, 2.24) is 0 Å². The van der Waals surface area contributed by atoms with E-state index in [1.807, 2.05) is 0 Å². The lowest BCUT2D eigenvalue weighted by molar-refractivity contribution is 0.441. The quantitative estimate of drug-likeness (QED) is 0.704. The van der Waals surface area contributed by atoms with Crippen LogP contribution in [0, 0.1) is 5.92 Å².